The maximum absolute atomic E-state index is 5.65. The van der Waals surface area contributed by atoms with E-state index in [1.54, 1.807) is 0 Å². The Morgan fingerprint density at radius 3 is 2.54 bits per heavy atom. The highest BCUT2D eigenvalue weighted by Crippen LogP contribution is 2.27. The normalized spacial score (nSPS) is 24.5. The lowest BCUT2D eigenvalue weighted by molar-refractivity contribution is 0.0797. The van der Waals surface area contributed by atoms with Gasteiger partial charge in [-0.15, -0.1) is 0 Å². The van der Waals surface area contributed by atoms with Gasteiger partial charge in [0, 0.05) is 19.1 Å². The van der Waals surface area contributed by atoms with Gasteiger partial charge < -0.3 is 5.73 Å². The molecule has 0 spiro atoms. The van der Waals surface area contributed by atoms with Gasteiger partial charge in [0.15, 0.2) is 0 Å². The molecule has 2 heteroatoms. The standard InChI is InChI=1S/C11H24N2/c1-4-11(2,3)6-8-13-7-5-10(13)9-12/h10H,4-9,12H2,1-3H3. The van der Waals surface area contributed by atoms with E-state index < -0.39 is 0 Å². The molecule has 1 saturated heterocycles. The van der Waals surface area contributed by atoms with Gasteiger partial charge in [-0.25, -0.2) is 0 Å². The van der Waals surface area contributed by atoms with Crippen LogP contribution >= 0.6 is 0 Å². The van der Waals surface area contributed by atoms with Gasteiger partial charge in [0.1, 0.15) is 0 Å². The highest BCUT2D eigenvalue weighted by atomic mass is 15.2. The van der Waals surface area contributed by atoms with Crippen LogP contribution in [-0.4, -0.2) is 30.6 Å². The summed E-state index contributed by atoms with van der Waals surface area (Å²) in [5.74, 6) is 0. The van der Waals surface area contributed by atoms with Gasteiger partial charge in [0.2, 0.25) is 0 Å². The van der Waals surface area contributed by atoms with Crippen LogP contribution in [0.5, 0.6) is 0 Å². The van der Waals surface area contributed by atoms with E-state index in [-0.39, 0.29) is 0 Å². The monoisotopic (exact) mass is 184 g/mol. The van der Waals surface area contributed by atoms with E-state index in [2.05, 4.69) is 25.7 Å². The van der Waals surface area contributed by atoms with Crippen molar-refractivity contribution in [3.63, 3.8) is 0 Å². The first-order valence-corrected chi connectivity index (χ1v) is 5.53. The number of likely N-dealkylation sites (tertiary alicyclic amines) is 1. The first-order chi connectivity index (χ1) is 6.09. The van der Waals surface area contributed by atoms with Crippen LogP contribution in [0.1, 0.15) is 40.0 Å². The minimum absolute atomic E-state index is 0.509. The van der Waals surface area contributed by atoms with E-state index in [0.29, 0.717) is 11.5 Å². The summed E-state index contributed by atoms with van der Waals surface area (Å²) in [7, 11) is 0. The number of nitrogens with zero attached hydrogens (tertiary/aromatic N) is 1. The molecule has 1 rings (SSSR count). The largest absolute Gasteiger partial charge is 0.329 e. The van der Waals surface area contributed by atoms with Gasteiger partial charge in [-0.1, -0.05) is 27.2 Å². The van der Waals surface area contributed by atoms with Crippen LogP contribution in [0.25, 0.3) is 0 Å². The van der Waals surface area contributed by atoms with E-state index in [4.69, 9.17) is 5.73 Å². The van der Waals surface area contributed by atoms with Gasteiger partial charge in [-0.2, -0.15) is 0 Å². The van der Waals surface area contributed by atoms with Crippen LogP contribution in [-0.2, 0) is 0 Å². The van der Waals surface area contributed by atoms with Gasteiger partial charge >= 0.3 is 0 Å². The second-order valence-electron chi connectivity index (χ2n) is 4.98. The Hall–Kier alpha value is -0.0800. The van der Waals surface area contributed by atoms with Gasteiger partial charge in [0.25, 0.3) is 0 Å². The maximum atomic E-state index is 5.65. The van der Waals surface area contributed by atoms with E-state index in [0.717, 1.165) is 6.54 Å². The quantitative estimate of drug-likeness (QED) is 0.706. The molecule has 1 heterocycles. The molecule has 0 amide bonds. The average molecular weight is 184 g/mol. The van der Waals surface area contributed by atoms with Crippen LogP contribution in [0, 0.1) is 5.41 Å². The fourth-order valence-electron chi connectivity index (χ4n) is 1.68. The lowest BCUT2D eigenvalue weighted by Gasteiger charge is -2.42. The molecule has 1 aliphatic heterocycles. The summed E-state index contributed by atoms with van der Waals surface area (Å²) < 4.78 is 0. The van der Waals surface area contributed by atoms with E-state index in [1.165, 1.54) is 32.4 Å². The van der Waals surface area contributed by atoms with Crippen molar-refractivity contribution in [2.45, 2.75) is 46.1 Å². The predicted octanol–water partition coefficient (Wildman–Crippen LogP) is 1.85. The van der Waals surface area contributed by atoms with Crippen molar-refractivity contribution in [2.24, 2.45) is 11.1 Å². The van der Waals surface area contributed by atoms with Crippen molar-refractivity contribution in [1.82, 2.24) is 4.90 Å². The number of rotatable bonds is 5. The summed E-state index contributed by atoms with van der Waals surface area (Å²) in [6.45, 7) is 10.3. The number of hydrogen-bond acceptors (Lipinski definition) is 2. The number of nitrogens with two attached hydrogens (primary N) is 1. The van der Waals surface area contributed by atoms with E-state index >= 15 is 0 Å². The zero-order chi connectivity index (χ0) is 9.90. The fraction of sp³-hybridized carbons (Fsp3) is 1.00. The molecule has 1 atom stereocenters. The second kappa shape index (κ2) is 4.43. The summed E-state index contributed by atoms with van der Waals surface area (Å²) >= 11 is 0. The molecule has 1 unspecified atom stereocenters. The Kier molecular flexibility index (Phi) is 3.74. The molecular formula is C11H24N2. The number of hydrogen-bond donors (Lipinski definition) is 1. The summed E-state index contributed by atoms with van der Waals surface area (Å²) in [4.78, 5) is 2.53. The minimum atomic E-state index is 0.509. The third-order valence-corrected chi connectivity index (χ3v) is 3.57. The van der Waals surface area contributed by atoms with Crippen molar-refractivity contribution >= 4 is 0 Å². The van der Waals surface area contributed by atoms with Crippen molar-refractivity contribution in [3.8, 4) is 0 Å². The van der Waals surface area contributed by atoms with Crippen molar-refractivity contribution in [2.75, 3.05) is 19.6 Å². The molecule has 2 nitrogen and oxygen atoms in total. The lowest BCUT2D eigenvalue weighted by atomic mass is 9.85. The van der Waals surface area contributed by atoms with Crippen molar-refractivity contribution in [3.05, 3.63) is 0 Å². The Bertz CT molecular complexity index is 152. The zero-order valence-corrected chi connectivity index (χ0v) is 9.34. The van der Waals surface area contributed by atoms with Gasteiger partial charge in [-0.3, -0.25) is 4.90 Å². The fourth-order valence-corrected chi connectivity index (χ4v) is 1.68. The first-order valence-electron chi connectivity index (χ1n) is 5.53. The Labute approximate surface area is 82.5 Å². The molecular weight excluding hydrogens is 160 g/mol. The average Bonchev–Trinajstić information content (AvgIpc) is 2.03. The van der Waals surface area contributed by atoms with E-state index in [9.17, 15) is 0 Å². The topological polar surface area (TPSA) is 29.3 Å². The van der Waals surface area contributed by atoms with Crippen LogP contribution in [0.2, 0.25) is 0 Å². The van der Waals surface area contributed by atoms with Crippen molar-refractivity contribution in [1.29, 1.82) is 0 Å². The van der Waals surface area contributed by atoms with Gasteiger partial charge in [0.05, 0.1) is 0 Å². The van der Waals surface area contributed by atoms with Crippen molar-refractivity contribution < 1.29 is 0 Å². The Morgan fingerprint density at radius 2 is 2.15 bits per heavy atom. The second-order valence-corrected chi connectivity index (χ2v) is 4.98. The molecule has 13 heavy (non-hydrogen) atoms. The molecule has 0 aliphatic carbocycles. The molecule has 0 saturated carbocycles. The summed E-state index contributed by atoms with van der Waals surface area (Å²) in [6, 6.07) is 0.688. The van der Waals surface area contributed by atoms with Crippen LogP contribution in [0.4, 0.5) is 0 Å². The minimum Gasteiger partial charge on any atom is -0.329 e. The smallest absolute Gasteiger partial charge is 0.0230 e. The summed E-state index contributed by atoms with van der Waals surface area (Å²) in [5.41, 5.74) is 6.16. The summed E-state index contributed by atoms with van der Waals surface area (Å²) in [6.07, 6.45) is 3.89. The lowest BCUT2D eigenvalue weighted by Crippen LogP contribution is -2.52. The highest BCUT2D eigenvalue weighted by molar-refractivity contribution is 4.84. The summed E-state index contributed by atoms with van der Waals surface area (Å²) in [5, 5.41) is 0. The Balaban J connectivity index is 2.19. The molecule has 0 radical (unpaired) electrons. The highest BCUT2D eigenvalue weighted by Gasteiger charge is 2.27. The predicted molar refractivity (Wildman–Crippen MR) is 57.7 cm³/mol. The van der Waals surface area contributed by atoms with Crippen LogP contribution in [0.15, 0.2) is 0 Å². The molecule has 0 aromatic carbocycles. The SMILES string of the molecule is CCC(C)(C)CCN1CCC1CN. The molecule has 0 aromatic rings. The van der Waals surface area contributed by atoms with Gasteiger partial charge in [-0.05, 0) is 24.8 Å². The van der Waals surface area contributed by atoms with Crippen LogP contribution in [0.3, 0.4) is 0 Å². The van der Waals surface area contributed by atoms with Crippen LogP contribution < -0.4 is 5.73 Å². The zero-order valence-electron chi connectivity index (χ0n) is 9.34. The molecule has 78 valence electrons. The molecule has 1 aliphatic rings. The molecule has 2 N–H and O–H groups in total. The Morgan fingerprint density at radius 1 is 1.46 bits per heavy atom. The molecule has 0 aromatic heterocycles. The maximum Gasteiger partial charge on any atom is 0.0230 e. The third kappa shape index (κ3) is 2.96. The third-order valence-electron chi connectivity index (χ3n) is 3.57. The van der Waals surface area contributed by atoms with E-state index in [1.807, 2.05) is 0 Å². The first kappa shape index (κ1) is 11.0. The molecule has 1 fully saturated rings. The molecule has 0 bridgehead atoms.